The number of aryl methyl sites for hydroxylation is 1. The number of carbonyl (C=O) groups is 1. The number of Topliss-reactive ketones (excluding diaryl/α,β-unsaturated/α-hetero) is 1. The Bertz CT molecular complexity index is 492. The lowest BCUT2D eigenvalue weighted by Gasteiger charge is -2.38. The van der Waals surface area contributed by atoms with Crippen LogP contribution in [0.5, 0.6) is 0 Å². The molecule has 0 aromatic carbocycles. The summed E-state index contributed by atoms with van der Waals surface area (Å²) in [6, 6.07) is 4.10. The number of nitrogens with zero attached hydrogens (tertiary/aromatic N) is 1. The van der Waals surface area contributed by atoms with Gasteiger partial charge in [0, 0.05) is 18.2 Å². The van der Waals surface area contributed by atoms with Crippen LogP contribution < -0.4 is 5.73 Å². The maximum atomic E-state index is 13.1. The Labute approximate surface area is 121 Å². The zero-order chi connectivity index (χ0) is 14.0. The summed E-state index contributed by atoms with van der Waals surface area (Å²) in [5, 5.41) is 0. The van der Waals surface area contributed by atoms with E-state index in [1.807, 2.05) is 12.3 Å². The van der Waals surface area contributed by atoms with Crippen molar-refractivity contribution in [3.63, 3.8) is 0 Å². The van der Waals surface area contributed by atoms with Gasteiger partial charge in [-0.3, -0.25) is 9.78 Å². The first-order valence-electron chi connectivity index (χ1n) is 7.95. The number of fused-ring (bicyclic) bond motifs is 1. The van der Waals surface area contributed by atoms with Crippen molar-refractivity contribution in [1.29, 1.82) is 0 Å². The van der Waals surface area contributed by atoms with Gasteiger partial charge in [-0.2, -0.15) is 0 Å². The third kappa shape index (κ3) is 2.28. The van der Waals surface area contributed by atoms with Crippen molar-refractivity contribution >= 4 is 5.78 Å². The molecule has 2 N–H and O–H groups in total. The van der Waals surface area contributed by atoms with E-state index in [1.54, 1.807) is 0 Å². The van der Waals surface area contributed by atoms with E-state index < -0.39 is 0 Å². The fourth-order valence-corrected chi connectivity index (χ4v) is 4.01. The first-order valence-corrected chi connectivity index (χ1v) is 7.95. The molecule has 1 aromatic rings. The Balaban J connectivity index is 1.91. The number of pyridine rings is 1. The average Bonchev–Trinajstić information content (AvgIpc) is 2.54. The fourth-order valence-electron chi connectivity index (χ4n) is 4.01. The van der Waals surface area contributed by atoms with E-state index in [0.717, 1.165) is 50.6 Å². The van der Waals surface area contributed by atoms with Crippen molar-refractivity contribution < 1.29 is 4.79 Å². The van der Waals surface area contributed by atoms with Gasteiger partial charge in [-0.25, -0.2) is 0 Å². The van der Waals surface area contributed by atoms with Crippen molar-refractivity contribution in [2.75, 3.05) is 6.54 Å². The highest BCUT2D eigenvalue weighted by molar-refractivity contribution is 5.91. The van der Waals surface area contributed by atoms with Crippen LogP contribution in [0.4, 0.5) is 0 Å². The van der Waals surface area contributed by atoms with Crippen LogP contribution in [0.1, 0.15) is 62.1 Å². The number of aromatic nitrogens is 1. The highest BCUT2D eigenvalue weighted by atomic mass is 16.1. The van der Waals surface area contributed by atoms with Crippen molar-refractivity contribution in [2.24, 2.45) is 11.1 Å². The summed E-state index contributed by atoms with van der Waals surface area (Å²) in [5.41, 5.74) is 8.05. The van der Waals surface area contributed by atoms with Gasteiger partial charge < -0.3 is 5.73 Å². The molecule has 1 atom stereocenters. The summed E-state index contributed by atoms with van der Waals surface area (Å²) < 4.78 is 0. The fraction of sp³-hybridized carbons (Fsp3) is 0.647. The number of carbonyl (C=O) groups excluding carboxylic acids is 1. The predicted octanol–water partition coefficient (Wildman–Crippen LogP) is 2.98. The summed E-state index contributed by atoms with van der Waals surface area (Å²) in [6.45, 7) is 0.504. The second-order valence-corrected chi connectivity index (χ2v) is 6.40. The largest absolute Gasteiger partial charge is 0.329 e. The van der Waals surface area contributed by atoms with E-state index in [-0.39, 0.29) is 11.3 Å². The summed E-state index contributed by atoms with van der Waals surface area (Å²) >= 11 is 0. The maximum absolute atomic E-state index is 13.1. The summed E-state index contributed by atoms with van der Waals surface area (Å²) in [6.07, 6.45) is 10.4. The molecule has 3 heteroatoms. The third-order valence-corrected chi connectivity index (χ3v) is 5.24. The Morgan fingerprint density at radius 1 is 1.30 bits per heavy atom. The SMILES string of the molecule is NCC1(C(=O)C2CCCc3cccnc32)CCCCC1. The van der Waals surface area contributed by atoms with Crippen molar-refractivity contribution in [1.82, 2.24) is 4.98 Å². The Morgan fingerprint density at radius 2 is 2.10 bits per heavy atom. The van der Waals surface area contributed by atoms with Gasteiger partial charge in [0.2, 0.25) is 0 Å². The lowest BCUT2D eigenvalue weighted by atomic mass is 9.65. The average molecular weight is 272 g/mol. The molecule has 1 heterocycles. The molecule has 0 bridgehead atoms. The van der Waals surface area contributed by atoms with Crippen molar-refractivity contribution in [3.8, 4) is 0 Å². The van der Waals surface area contributed by atoms with Crippen molar-refractivity contribution in [3.05, 3.63) is 29.6 Å². The van der Waals surface area contributed by atoms with Gasteiger partial charge in [-0.05, 0) is 43.7 Å². The zero-order valence-corrected chi connectivity index (χ0v) is 12.1. The molecule has 0 aliphatic heterocycles. The monoisotopic (exact) mass is 272 g/mol. The van der Waals surface area contributed by atoms with Gasteiger partial charge in [0.25, 0.3) is 0 Å². The van der Waals surface area contributed by atoms with Gasteiger partial charge in [-0.15, -0.1) is 0 Å². The van der Waals surface area contributed by atoms with Crippen LogP contribution in [0.2, 0.25) is 0 Å². The van der Waals surface area contributed by atoms with Crippen LogP contribution >= 0.6 is 0 Å². The molecule has 1 fully saturated rings. The van der Waals surface area contributed by atoms with Gasteiger partial charge in [-0.1, -0.05) is 25.3 Å². The molecular formula is C17H24N2O. The topological polar surface area (TPSA) is 56.0 Å². The van der Waals surface area contributed by atoms with Gasteiger partial charge in [0.15, 0.2) is 0 Å². The highest BCUT2D eigenvalue weighted by Gasteiger charge is 2.43. The molecule has 3 rings (SSSR count). The van der Waals surface area contributed by atoms with Crippen LogP contribution in [0.15, 0.2) is 18.3 Å². The van der Waals surface area contributed by atoms with E-state index in [9.17, 15) is 4.79 Å². The second-order valence-electron chi connectivity index (χ2n) is 6.40. The maximum Gasteiger partial charge on any atom is 0.149 e. The molecule has 1 saturated carbocycles. The Kier molecular flexibility index (Phi) is 3.88. The summed E-state index contributed by atoms with van der Waals surface area (Å²) in [5.74, 6) is 0.362. The minimum absolute atomic E-state index is 0.0124. The molecule has 0 saturated heterocycles. The van der Waals surface area contributed by atoms with Gasteiger partial charge >= 0.3 is 0 Å². The van der Waals surface area contributed by atoms with E-state index in [0.29, 0.717) is 12.3 Å². The van der Waals surface area contributed by atoms with Crippen molar-refractivity contribution in [2.45, 2.75) is 57.3 Å². The number of rotatable bonds is 3. The molecule has 20 heavy (non-hydrogen) atoms. The molecule has 1 aromatic heterocycles. The van der Waals surface area contributed by atoms with E-state index in [4.69, 9.17) is 5.73 Å². The first kappa shape index (κ1) is 13.7. The van der Waals surface area contributed by atoms with Crippen LogP contribution in [-0.2, 0) is 11.2 Å². The second kappa shape index (κ2) is 5.65. The zero-order valence-electron chi connectivity index (χ0n) is 12.1. The summed E-state index contributed by atoms with van der Waals surface area (Å²) in [4.78, 5) is 17.7. The molecule has 2 aliphatic rings. The predicted molar refractivity (Wildman–Crippen MR) is 79.5 cm³/mol. The van der Waals surface area contributed by atoms with E-state index in [1.165, 1.54) is 12.0 Å². The molecule has 0 amide bonds. The molecule has 108 valence electrons. The molecule has 1 unspecified atom stereocenters. The molecular weight excluding hydrogens is 248 g/mol. The summed E-state index contributed by atoms with van der Waals surface area (Å²) in [7, 11) is 0. The standard InChI is InChI=1S/C17H24N2O/c18-12-17(9-2-1-3-10-17)16(20)14-8-4-6-13-7-5-11-19-15(13)14/h5,7,11,14H,1-4,6,8-10,12,18H2. The first-order chi connectivity index (χ1) is 9.77. The molecule has 2 aliphatic carbocycles. The molecule has 0 radical (unpaired) electrons. The number of nitrogens with two attached hydrogens (primary N) is 1. The van der Waals surface area contributed by atoms with E-state index >= 15 is 0 Å². The van der Waals surface area contributed by atoms with Crippen LogP contribution in [0.3, 0.4) is 0 Å². The quantitative estimate of drug-likeness (QED) is 0.920. The van der Waals surface area contributed by atoms with Crippen LogP contribution in [0, 0.1) is 5.41 Å². The number of hydrogen-bond acceptors (Lipinski definition) is 3. The third-order valence-electron chi connectivity index (χ3n) is 5.24. The van der Waals surface area contributed by atoms with Crippen LogP contribution in [-0.4, -0.2) is 17.3 Å². The lowest BCUT2D eigenvalue weighted by Crippen LogP contribution is -2.43. The number of ketones is 1. The number of hydrogen-bond donors (Lipinski definition) is 1. The Morgan fingerprint density at radius 3 is 2.85 bits per heavy atom. The molecule has 3 nitrogen and oxygen atoms in total. The highest BCUT2D eigenvalue weighted by Crippen LogP contribution is 2.43. The minimum Gasteiger partial charge on any atom is -0.329 e. The van der Waals surface area contributed by atoms with Gasteiger partial charge in [0.1, 0.15) is 5.78 Å². The Hall–Kier alpha value is -1.22. The lowest BCUT2D eigenvalue weighted by molar-refractivity contribution is -0.132. The van der Waals surface area contributed by atoms with E-state index in [2.05, 4.69) is 11.1 Å². The smallest absolute Gasteiger partial charge is 0.149 e. The van der Waals surface area contributed by atoms with Crippen LogP contribution in [0.25, 0.3) is 0 Å². The minimum atomic E-state index is -0.269. The van der Waals surface area contributed by atoms with Gasteiger partial charge in [0.05, 0.1) is 11.6 Å². The molecule has 0 spiro atoms. The normalized spacial score (nSPS) is 24.9.